The van der Waals surface area contributed by atoms with Gasteiger partial charge in [0.25, 0.3) is 11.8 Å². The highest BCUT2D eigenvalue weighted by molar-refractivity contribution is 6.34. The summed E-state index contributed by atoms with van der Waals surface area (Å²) in [6, 6.07) is 9.01. The molecule has 0 radical (unpaired) electrons. The highest BCUT2D eigenvalue weighted by Gasteiger charge is 2.31. The summed E-state index contributed by atoms with van der Waals surface area (Å²) < 4.78 is 19.5. The van der Waals surface area contributed by atoms with Crippen LogP contribution in [0.2, 0.25) is 5.02 Å². The maximum Gasteiger partial charge on any atom is 0.267 e. The van der Waals surface area contributed by atoms with Crippen LogP contribution in [-0.2, 0) is 4.79 Å². The molecule has 0 aromatic heterocycles. The highest BCUT2D eigenvalue weighted by atomic mass is 35.5. The molecule has 136 valence electrons. The average Bonchev–Trinajstić information content (AvgIpc) is 2.59. The Hall–Kier alpha value is -2.60. The van der Waals surface area contributed by atoms with E-state index in [4.69, 9.17) is 16.3 Å². The molecule has 7 heteroatoms. The molecule has 1 aliphatic rings. The standard InChI is InChI=1S/C19H18ClFN2O3/c1-3-9-23-15-10-12(7-8-16(15)26-11(2)19(23)25)22-18(24)17-13(20)5-4-6-14(17)21/h4-8,10-11H,3,9H2,1-2H3,(H,22,24). The van der Waals surface area contributed by atoms with Gasteiger partial charge in [0.2, 0.25) is 0 Å². The summed E-state index contributed by atoms with van der Waals surface area (Å²) in [5.41, 5.74) is 0.769. The van der Waals surface area contributed by atoms with Crippen molar-refractivity contribution in [3.8, 4) is 5.75 Å². The summed E-state index contributed by atoms with van der Waals surface area (Å²) in [5, 5.41) is 2.65. The number of nitrogens with one attached hydrogen (secondary N) is 1. The molecule has 0 fully saturated rings. The number of hydrogen-bond acceptors (Lipinski definition) is 3. The van der Waals surface area contributed by atoms with Crippen molar-refractivity contribution in [2.75, 3.05) is 16.8 Å². The molecule has 2 aromatic rings. The number of benzene rings is 2. The Morgan fingerprint density at radius 3 is 2.81 bits per heavy atom. The van der Waals surface area contributed by atoms with Crippen molar-refractivity contribution >= 4 is 34.8 Å². The normalized spacial score (nSPS) is 16.1. The second-order valence-corrected chi connectivity index (χ2v) is 6.39. The van der Waals surface area contributed by atoms with Crippen molar-refractivity contribution in [1.82, 2.24) is 0 Å². The van der Waals surface area contributed by atoms with Gasteiger partial charge in [-0.25, -0.2) is 4.39 Å². The summed E-state index contributed by atoms with van der Waals surface area (Å²) in [4.78, 5) is 26.4. The molecule has 3 rings (SSSR count). The van der Waals surface area contributed by atoms with E-state index in [1.807, 2.05) is 6.92 Å². The summed E-state index contributed by atoms with van der Waals surface area (Å²) in [7, 11) is 0. The third kappa shape index (κ3) is 3.37. The first-order chi connectivity index (χ1) is 12.4. The molecule has 1 atom stereocenters. The lowest BCUT2D eigenvalue weighted by Crippen LogP contribution is -2.44. The van der Waals surface area contributed by atoms with Crippen LogP contribution in [0, 0.1) is 5.82 Å². The highest BCUT2D eigenvalue weighted by Crippen LogP contribution is 2.36. The summed E-state index contributed by atoms with van der Waals surface area (Å²) in [6.07, 6.45) is 0.214. The molecule has 0 bridgehead atoms. The number of halogens is 2. The fourth-order valence-electron chi connectivity index (χ4n) is 2.85. The van der Waals surface area contributed by atoms with Crippen molar-refractivity contribution in [2.45, 2.75) is 26.4 Å². The third-order valence-electron chi connectivity index (χ3n) is 4.06. The minimum absolute atomic E-state index is 0.0282. The predicted octanol–water partition coefficient (Wildman–Crippen LogP) is 4.26. The molecule has 2 aromatic carbocycles. The fraction of sp³-hybridized carbons (Fsp3) is 0.263. The SMILES string of the molecule is CCCN1C(=O)C(C)Oc2ccc(NC(=O)c3c(F)cccc3Cl)cc21. The van der Waals surface area contributed by atoms with Crippen molar-refractivity contribution in [2.24, 2.45) is 0 Å². The number of fused-ring (bicyclic) bond motifs is 1. The molecule has 0 spiro atoms. The van der Waals surface area contributed by atoms with E-state index in [1.165, 1.54) is 18.2 Å². The Kier molecular flexibility index (Phi) is 5.13. The molecule has 5 nitrogen and oxygen atoms in total. The van der Waals surface area contributed by atoms with Crippen LogP contribution in [0.5, 0.6) is 5.75 Å². The van der Waals surface area contributed by atoms with Gasteiger partial charge in [-0.15, -0.1) is 0 Å². The molecule has 2 amide bonds. The first-order valence-corrected chi connectivity index (χ1v) is 8.67. The monoisotopic (exact) mass is 376 g/mol. The Morgan fingerprint density at radius 2 is 2.12 bits per heavy atom. The summed E-state index contributed by atoms with van der Waals surface area (Å²) in [6.45, 7) is 4.21. The van der Waals surface area contributed by atoms with Gasteiger partial charge in [-0.1, -0.05) is 24.6 Å². The van der Waals surface area contributed by atoms with Gasteiger partial charge in [0.1, 0.15) is 11.6 Å². The Labute approximate surface area is 155 Å². The van der Waals surface area contributed by atoms with E-state index in [0.29, 0.717) is 23.7 Å². The maximum absolute atomic E-state index is 13.9. The summed E-state index contributed by atoms with van der Waals surface area (Å²) in [5.74, 6) is -0.938. The molecule has 1 N–H and O–H groups in total. The number of nitrogens with zero attached hydrogens (tertiary/aromatic N) is 1. The number of hydrogen-bond donors (Lipinski definition) is 1. The van der Waals surface area contributed by atoms with Gasteiger partial charge >= 0.3 is 0 Å². The lowest BCUT2D eigenvalue weighted by Gasteiger charge is -2.33. The molecule has 26 heavy (non-hydrogen) atoms. The van der Waals surface area contributed by atoms with E-state index in [9.17, 15) is 14.0 Å². The van der Waals surface area contributed by atoms with Gasteiger partial charge in [0, 0.05) is 12.2 Å². The van der Waals surface area contributed by atoms with Crippen molar-refractivity contribution in [1.29, 1.82) is 0 Å². The van der Waals surface area contributed by atoms with Crippen LogP contribution >= 0.6 is 11.6 Å². The first-order valence-electron chi connectivity index (χ1n) is 8.29. The fourth-order valence-corrected chi connectivity index (χ4v) is 3.10. The lowest BCUT2D eigenvalue weighted by molar-refractivity contribution is -0.125. The maximum atomic E-state index is 13.9. The van der Waals surface area contributed by atoms with E-state index < -0.39 is 17.8 Å². The topological polar surface area (TPSA) is 58.6 Å². The van der Waals surface area contributed by atoms with Crippen LogP contribution in [0.3, 0.4) is 0 Å². The molecular weight excluding hydrogens is 359 g/mol. The number of amides is 2. The molecule has 0 aliphatic carbocycles. The van der Waals surface area contributed by atoms with Gasteiger partial charge in [0.15, 0.2) is 6.10 Å². The van der Waals surface area contributed by atoms with Crippen molar-refractivity contribution in [3.05, 3.63) is 52.8 Å². The zero-order valence-electron chi connectivity index (χ0n) is 14.4. The molecule has 1 heterocycles. The number of rotatable bonds is 4. The second-order valence-electron chi connectivity index (χ2n) is 5.98. The Bertz CT molecular complexity index is 852. The van der Waals surface area contributed by atoms with Gasteiger partial charge in [-0.05, 0) is 43.7 Å². The second kappa shape index (κ2) is 7.33. The Balaban J connectivity index is 1.91. The number of anilines is 2. The largest absolute Gasteiger partial charge is 0.479 e. The van der Waals surface area contributed by atoms with E-state index >= 15 is 0 Å². The quantitative estimate of drug-likeness (QED) is 0.867. The number of carbonyl (C=O) groups is 2. The Morgan fingerprint density at radius 1 is 1.35 bits per heavy atom. The molecule has 1 aliphatic heterocycles. The minimum atomic E-state index is -0.701. The van der Waals surface area contributed by atoms with Crippen LogP contribution < -0.4 is 15.0 Å². The average molecular weight is 377 g/mol. The van der Waals surface area contributed by atoms with Crippen LogP contribution in [-0.4, -0.2) is 24.5 Å². The summed E-state index contributed by atoms with van der Waals surface area (Å²) >= 11 is 5.93. The zero-order chi connectivity index (χ0) is 18.8. The van der Waals surface area contributed by atoms with Gasteiger partial charge < -0.3 is 15.0 Å². The molecular formula is C19H18ClFN2O3. The van der Waals surface area contributed by atoms with Gasteiger partial charge in [-0.3, -0.25) is 9.59 Å². The molecule has 0 saturated heterocycles. The smallest absolute Gasteiger partial charge is 0.267 e. The molecule has 1 unspecified atom stereocenters. The lowest BCUT2D eigenvalue weighted by atomic mass is 10.1. The van der Waals surface area contributed by atoms with Crippen LogP contribution in [0.1, 0.15) is 30.6 Å². The minimum Gasteiger partial charge on any atom is -0.479 e. The number of carbonyl (C=O) groups excluding carboxylic acids is 2. The van der Waals surface area contributed by atoms with Crippen LogP contribution in [0.25, 0.3) is 0 Å². The van der Waals surface area contributed by atoms with E-state index in [-0.39, 0.29) is 16.5 Å². The van der Waals surface area contributed by atoms with Crippen LogP contribution in [0.4, 0.5) is 15.8 Å². The van der Waals surface area contributed by atoms with Crippen LogP contribution in [0.15, 0.2) is 36.4 Å². The van der Waals surface area contributed by atoms with Gasteiger partial charge in [-0.2, -0.15) is 0 Å². The predicted molar refractivity (Wildman–Crippen MR) is 98.5 cm³/mol. The number of ether oxygens (including phenoxy) is 1. The zero-order valence-corrected chi connectivity index (χ0v) is 15.1. The van der Waals surface area contributed by atoms with E-state index in [2.05, 4.69) is 5.32 Å². The first kappa shape index (κ1) is 18.2. The third-order valence-corrected chi connectivity index (χ3v) is 4.38. The van der Waals surface area contributed by atoms with E-state index in [0.717, 1.165) is 6.42 Å². The van der Waals surface area contributed by atoms with Crippen molar-refractivity contribution < 1.29 is 18.7 Å². The van der Waals surface area contributed by atoms with Crippen molar-refractivity contribution in [3.63, 3.8) is 0 Å². The van der Waals surface area contributed by atoms with E-state index in [1.54, 1.807) is 30.0 Å². The molecule has 0 saturated carbocycles. The van der Waals surface area contributed by atoms with Gasteiger partial charge in [0.05, 0.1) is 16.3 Å².